The van der Waals surface area contributed by atoms with E-state index in [4.69, 9.17) is 27.9 Å². The van der Waals surface area contributed by atoms with Crippen LogP contribution in [0.25, 0.3) is 0 Å². The molecule has 7 heteroatoms. The Bertz CT molecular complexity index is 852. The molecule has 0 aliphatic carbocycles. The first kappa shape index (κ1) is 17.6. The number of hydrogen-bond acceptors (Lipinski definition) is 3. The van der Waals surface area contributed by atoms with E-state index in [-0.39, 0.29) is 24.5 Å². The van der Waals surface area contributed by atoms with Crippen LogP contribution in [0.5, 0.6) is 5.75 Å². The summed E-state index contributed by atoms with van der Waals surface area (Å²) in [5.74, 6) is 0.175. The van der Waals surface area contributed by atoms with E-state index in [1.165, 1.54) is 6.07 Å². The highest BCUT2D eigenvalue weighted by Crippen LogP contribution is 2.36. The zero-order valence-electron chi connectivity index (χ0n) is 13.7. The van der Waals surface area contributed by atoms with Gasteiger partial charge < -0.3 is 15.0 Å². The highest BCUT2D eigenvalue weighted by molar-refractivity contribution is 6.42. The molecule has 0 radical (unpaired) electrons. The van der Waals surface area contributed by atoms with Crippen LogP contribution in [0.3, 0.4) is 0 Å². The maximum atomic E-state index is 12.4. The summed E-state index contributed by atoms with van der Waals surface area (Å²) in [6, 6.07) is 9.83. The largest absolute Gasteiger partial charge is 0.482 e. The average molecular weight is 379 g/mol. The minimum atomic E-state index is -0.322. The van der Waals surface area contributed by atoms with Crippen LogP contribution in [-0.4, -0.2) is 24.5 Å². The minimum Gasteiger partial charge on any atom is -0.482 e. The third-order valence-electron chi connectivity index (χ3n) is 3.79. The summed E-state index contributed by atoms with van der Waals surface area (Å²) < 4.78 is 5.45. The molecule has 25 heavy (non-hydrogen) atoms. The summed E-state index contributed by atoms with van der Waals surface area (Å²) in [4.78, 5) is 26.2. The van der Waals surface area contributed by atoms with Gasteiger partial charge in [0.1, 0.15) is 5.75 Å². The van der Waals surface area contributed by atoms with Crippen molar-refractivity contribution in [1.29, 1.82) is 0 Å². The molecule has 3 rings (SSSR count). The van der Waals surface area contributed by atoms with Crippen molar-refractivity contribution < 1.29 is 14.3 Å². The van der Waals surface area contributed by atoms with Gasteiger partial charge in [-0.05, 0) is 50.2 Å². The lowest BCUT2D eigenvalue weighted by Gasteiger charge is -2.32. The van der Waals surface area contributed by atoms with Crippen LogP contribution in [0.4, 0.5) is 11.4 Å². The van der Waals surface area contributed by atoms with Crippen LogP contribution in [-0.2, 0) is 4.79 Å². The van der Waals surface area contributed by atoms with Crippen molar-refractivity contribution in [3.05, 3.63) is 52.0 Å². The summed E-state index contributed by atoms with van der Waals surface area (Å²) in [6.07, 6.45) is 0. The molecule has 0 atom stereocenters. The smallest absolute Gasteiger partial charge is 0.265 e. The molecule has 2 aromatic rings. The van der Waals surface area contributed by atoms with Crippen molar-refractivity contribution in [2.75, 3.05) is 16.8 Å². The van der Waals surface area contributed by atoms with E-state index in [1.807, 2.05) is 13.8 Å². The average Bonchev–Trinajstić information content (AvgIpc) is 2.56. The monoisotopic (exact) mass is 378 g/mol. The maximum Gasteiger partial charge on any atom is 0.265 e. The third-order valence-corrected chi connectivity index (χ3v) is 4.53. The second kappa shape index (κ2) is 6.94. The number of carbonyl (C=O) groups excluding carboxylic acids is 2. The lowest BCUT2D eigenvalue weighted by molar-refractivity contribution is -0.121. The SMILES string of the molecule is CC(C)N1C(=O)COc2ccc(NC(=O)c3ccc(Cl)c(Cl)c3)cc21. The first-order valence-electron chi connectivity index (χ1n) is 7.72. The maximum absolute atomic E-state index is 12.4. The van der Waals surface area contributed by atoms with Crippen LogP contribution < -0.4 is 15.0 Å². The van der Waals surface area contributed by atoms with Gasteiger partial charge in [-0.1, -0.05) is 23.2 Å². The number of nitrogens with zero attached hydrogens (tertiary/aromatic N) is 1. The quantitative estimate of drug-likeness (QED) is 0.861. The van der Waals surface area contributed by atoms with Crippen molar-refractivity contribution in [2.45, 2.75) is 19.9 Å². The van der Waals surface area contributed by atoms with Crippen LogP contribution >= 0.6 is 23.2 Å². The van der Waals surface area contributed by atoms with Gasteiger partial charge >= 0.3 is 0 Å². The predicted octanol–water partition coefficient (Wildman–Crippen LogP) is 4.38. The second-order valence-electron chi connectivity index (χ2n) is 5.91. The van der Waals surface area contributed by atoms with Crippen LogP contribution in [0.2, 0.25) is 10.0 Å². The van der Waals surface area contributed by atoms with Crippen LogP contribution in [0, 0.1) is 0 Å². The number of ether oxygens (including phenoxy) is 1. The molecule has 0 spiro atoms. The van der Waals surface area contributed by atoms with Gasteiger partial charge in [0.25, 0.3) is 11.8 Å². The zero-order chi connectivity index (χ0) is 18.1. The Labute approximate surface area is 155 Å². The number of fused-ring (bicyclic) bond motifs is 1. The molecule has 0 bridgehead atoms. The van der Waals surface area contributed by atoms with Gasteiger partial charge in [0.15, 0.2) is 6.61 Å². The summed E-state index contributed by atoms with van der Waals surface area (Å²) in [5, 5.41) is 3.49. The summed E-state index contributed by atoms with van der Waals surface area (Å²) in [7, 11) is 0. The molecule has 130 valence electrons. The highest BCUT2D eigenvalue weighted by Gasteiger charge is 2.28. The number of rotatable bonds is 3. The molecule has 2 aromatic carbocycles. The normalized spacial score (nSPS) is 13.5. The predicted molar refractivity (Wildman–Crippen MR) is 99.0 cm³/mol. The first-order valence-corrected chi connectivity index (χ1v) is 8.47. The van der Waals surface area contributed by atoms with E-state index < -0.39 is 0 Å². The number of halogens is 2. The number of hydrogen-bond donors (Lipinski definition) is 1. The Morgan fingerprint density at radius 3 is 2.60 bits per heavy atom. The molecule has 5 nitrogen and oxygen atoms in total. The highest BCUT2D eigenvalue weighted by atomic mass is 35.5. The number of anilines is 2. The fourth-order valence-corrected chi connectivity index (χ4v) is 2.95. The molecule has 1 aliphatic rings. The Morgan fingerprint density at radius 1 is 1.16 bits per heavy atom. The molecule has 1 aliphatic heterocycles. The van der Waals surface area contributed by atoms with Gasteiger partial charge in [-0.2, -0.15) is 0 Å². The topological polar surface area (TPSA) is 58.6 Å². The van der Waals surface area contributed by atoms with Crippen molar-refractivity contribution in [3.8, 4) is 5.75 Å². The third kappa shape index (κ3) is 3.57. The Hall–Kier alpha value is -2.24. The standard InChI is InChI=1S/C18H16Cl2N2O3/c1-10(2)22-15-8-12(4-6-16(15)25-9-17(22)23)21-18(24)11-3-5-13(19)14(20)7-11/h3-8,10H,9H2,1-2H3,(H,21,24). The molecule has 0 unspecified atom stereocenters. The van der Waals surface area contributed by atoms with E-state index in [0.717, 1.165) is 0 Å². The van der Waals surface area contributed by atoms with Gasteiger partial charge in [0.05, 0.1) is 15.7 Å². The van der Waals surface area contributed by atoms with Gasteiger partial charge in [-0.15, -0.1) is 0 Å². The summed E-state index contributed by atoms with van der Waals surface area (Å²) >= 11 is 11.8. The number of benzene rings is 2. The lowest BCUT2D eigenvalue weighted by atomic mass is 10.1. The molecule has 2 amide bonds. The van der Waals surface area contributed by atoms with Crippen LogP contribution in [0.1, 0.15) is 24.2 Å². The number of nitrogens with one attached hydrogen (secondary N) is 1. The molecule has 0 saturated heterocycles. The Balaban J connectivity index is 1.88. The zero-order valence-corrected chi connectivity index (χ0v) is 15.2. The van der Waals surface area contributed by atoms with E-state index in [0.29, 0.717) is 32.7 Å². The molecule has 1 heterocycles. The fraction of sp³-hybridized carbons (Fsp3) is 0.222. The molecule has 0 fully saturated rings. The van der Waals surface area contributed by atoms with Gasteiger partial charge in [0.2, 0.25) is 0 Å². The minimum absolute atomic E-state index is 0.0140. The van der Waals surface area contributed by atoms with Gasteiger partial charge in [-0.25, -0.2) is 0 Å². The van der Waals surface area contributed by atoms with Gasteiger partial charge in [-0.3, -0.25) is 9.59 Å². The van der Waals surface area contributed by atoms with Crippen molar-refractivity contribution in [3.63, 3.8) is 0 Å². The summed E-state index contributed by atoms with van der Waals surface area (Å²) in [5.41, 5.74) is 1.58. The number of amides is 2. The first-order chi connectivity index (χ1) is 11.9. The Kier molecular flexibility index (Phi) is 4.88. The van der Waals surface area contributed by atoms with E-state index in [1.54, 1.807) is 35.2 Å². The van der Waals surface area contributed by atoms with Gasteiger partial charge in [0, 0.05) is 17.3 Å². The van der Waals surface area contributed by atoms with Crippen LogP contribution in [0.15, 0.2) is 36.4 Å². The molecule has 0 aromatic heterocycles. The van der Waals surface area contributed by atoms with E-state index in [9.17, 15) is 9.59 Å². The van der Waals surface area contributed by atoms with E-state index in [2.05, 4.69) is 5.32 Å². The molecule has 1 N–H and O–H groups in total. The van der Waals surface area contributed by atoms with Crippen molar-refractivity contribution in [2.24, 2.45) is 0 Å². The Morgan fingerprint density at radius 2 is 1.92 bits per heavy atom. The fourth-order valence-electron chi connectivity index (χ4n) is 2.66. The lowest BCUT2D eigenvalue weighted by Crippen LogP contribution is -2.43. The summed E-state index contributed by atoms with van der Waals surface area (Å²) in [6.45, 7) is 3.86. The van der Waals surface area contributed by atoms with Crippen molar-refractivity contribution in [1.82, 2.24) is 0 Å². The van der Waals surface area contributed by atoms with E-state index >= 15 is 0 Å². The molecule has 0 saturated carbocycles. The van der Waals surface area contributed by atoms with Crippen molar-refractivity contribution >= 4 is 46.4 Å². The number of carbonyl (C=O) groups is 2. The molecular weight excluding hydrogens is 363 g/mol. The molecular formula is C18H16Cl2N2O3. The second-order valence-corrected chi connectivity index (χ2v) is 6.73.